The Morgan fingerprint density at radius 2 is 1.74 bits per heavy atom. The molecule has 1 aromatic rings. The van der Waals surface area contributed by atoms with Gasteiger partial charge in [0, 0.05) is 31.7 Å². The molecule has 0 amide bonds. The summed E-state index contributed by atoms with van der Waals surface area (Å²) in [5.74, 6) is -0.453. The molecule has 23 heavy (non-hydrogen) atoms. The van der Waals surface area contributed by atoms with Gasteiger partial charge in [0.25, 0.3) is 17.1 Å². The molecule has 1 heterocycles. The molecule has 0 fully saturated rings. The number of benzene rings is 1. The maximum Gasteiger partial charge on any atom is 0.300 e. The third-order valence-corrected chi connectivity index (χ3v) is 3.39. The molecule has 1 N–H and O–H groups in total. The lowest BCUT2D eigenvalue weighted by atomic mass is 9.96. The average molecular weight is 322 g/mol. The van der Waals surface area contributed by atoms with Crippen molar-refractivity contribution in [3.05, 3.63) is 65.7 Å². The van der Waals surface area contributed by atoms with Gasteiger partial charge in [-0.05, 0) is 0 Å². The molecule has 0 unspecified atom stereocenters. The van der Waals surface area contributed by atoms with Gasteiger partial charge in [0.2, 0.25) is 0 Å². The summed E-state index contributed by atoms with van der Waals surface area (Å²) in [5.41, 5.74) is -1.97. The zero-order valence-electron chi connectivity index (χ0n) is 11.9. The fourth-order valence-electron chi connectivity index (χ4n) is 2.22. The van der Waals surface area contributed by atoms with E-state index >= 15 is 0 Å². The van der Waals surface area contributed by atoms with Gasteiger partial charge in [-0.1, -0.05) is 0 Å². The molecule has 0 atom stereocenters. The van der Waals surface area contributed by atoms with Crippen LogP contribution in [0.5, 0.6) is 0 Å². The van der Waals surface area contributed by atoms with E-state index in [0.29, 0.717) is 0 Å². The topological polar surface area (TPSA) is 153 Å². The molecule has 1 aromatic carbocycles. The lowest BCUT2D eigenvalue weighted by Gasteiger charge is -2.25. The Bertz CT molecular complexity index is 812. The molecule has 1 aliphatic heterocycles. The van der Waals surface area contributed by atoms with Crippen molar-refractivity contribution in [1.82, 2.24) is 0 Å². The number of anilines is 1. The summed E-state index contributed by atoms with van der Waals surface area (Å²) in [6.07, 6.45) is 1.04. The Kier molecular flexibility index (Phi) is 3.70. The van der Waals surface area contributed by atoms with Crippen LogP contribution < -0.4 is 4.90 Å². The minimum Gasteiger partial charge on any atom is -0.494 e. The third-order valence-electron chi connectivity index (χ3n) is 3.39. The number of rotatable bonds is 3. The van der Waals surface area contributed by atoms with Crippen LogP contribution in [-0.2, 0) is 0 Å². The van der Waals surface area contributed by atoms with Crippen LogP contribution in [0.2, 0.25) is 0 Å². The summed E-state index contributed by atoms with van der Waals surface area (Å²) in [4.78, 5) is 31.8. The molecule has 2 rings (SSSR count). The van der Waals surface area contributed by atoms with Crippen molar-refractivity contribution in [2.45, 2.75) is 6.92 Å². The number of hydrogen-bond acceptors (Lipinski definition) is 8. The Morgan fingerprint density at radius 3 is 2.22 bits per heavy atom. The van der Waals surface area contributed by atoms with E-state index in [1.807, 2.05) is 0 Å². The third kappa shape index (κ3) is 2.54. The van der Waals surface area contributed by atoms with Crippen molar-refractivity contribution in [3.63, 3.8) is 0 Å². The first-order valence-electron chi connectivity index (χ1n) is 6.12. The van der Waals surface area contributed by atoms with Crippen LogP contribution in [0.3, 0.4) is 0 Å². The number of hydrogen-bond donors (Lipinski definition) is 1. The van der Waals surface area contributed by atoms with Crippen molar-refractivity contribution >= 4 is 22.6 Å². The SMILES string of the molecule is C/C(=C1/C=C(O)N(C)c2c1cc([N+](=O)[O-])cc2[N+](=O)[O-])[N+](=O)[O-]. The lowest BCUT2D eigenvalue weighted by molar-refractivity contribution is -0.423. The minimum absolute atomic E-state index is 0.0691. The van der Waals surface area contributed by atoms with E-state index in [0.717, 1.165) is 30.0 Å². The van der Waals surface area contributed by atoms with Gasteiger partial charge < -0.3 is 10.0 Å². The van der Waals surface area contributed by atoms with Gasteiger partial charge in [0.05, 0.1) is 26.4 Å². The summed E-state index contributed by atoms with van der Waals surface area (Å²) in [6, 6.07) is 1.75. The fraction of sp³-hybridized carbons (Fsp3) is 0.167. The number of nitrogens with zero attached hydrogens (tertiary/aromatic N) is 4. The van der Waals surface area contributed by atoms with Crippen molar-refractivity contribution in [2.24, 2.45) is 0 Å². The van der Waals surface area contributed by atoms with Crippen LogP contribution in [0.1, 0.15) is 12.5 Å². The Balaban J connectivity index is 2.95. The number of allylic oxidation sites excluding steroid dienone is 3. The average Bonchev–Trinajstić information content (AvgIpc) is 2.48. The second-order valence-electron chi connectivity index (χ2n) is 4.69. The number of nitro benzene ring substituents is 2. The predicted octanol–water partition coefficient (Wildman–Crippen LogP) is 2.36. The van der Waals surface area contributed by atoms with E-state index in [-0.39, 0.29) is 16.8 Å². The molecule has 0 aromatic heterocycles. The van der Waals surface area contributed by atoms with E-state index < -0.39 is 37.7 Å². The molecule has 120 valence electrons. The molecule has 0 bridgehead atoms. The quantitative estimate of drug-likeness (QED) is 0.657. The zero-order chi connectivity index (χ0) is 17.5. The highest BCUT2D eigenvalue weighted by atomic mass is 16.6. The first-order chi connectivity index (χ1) is 10.6. The summed E-state index contributed by atoms with van der Waals surface area (Å²) in [6.45, 7) is 1.14. The van der Waals surface area contributed by atoms with Gasteiger partial charge in [-0.2, -0.15) is 0 Å². The summed E-state index contributed by atoms with van der Waals surface area (Å²) >= 11 is 0. The van der Waals surface area contributed by atoms with E-state index in [1.54, 1.807) is 0 Å². The van der Waals surface area contributed by atoms with Crippen molar-refractivity contribution in [1.29, 1.82) is 0 Å². The van der Waals surface area contributed by atoms with E-state index in [1.165, 1.54) is 7.05 Å². The molecule has 0 radical (unpaired) electrons. The minimum atomic E-state index is -0.847. The number of aliphatic hydroxyl groups is 1. The number of nitro groups is 3. The van der Waals surface area contributed by atoms with E-state index in [9.17, 15) is 35.4 Å². The first kappa shape index (κ1) is 15.9. The summed E-state index contributed by atoms with van der Waals surface area (Å²) < 4.78 is 0. The van der Waals surface area contributed by atoms with Gasteiger partial charge in [0.1, 0.15) is 5.69 Å². The smallest absolute Gasteiger partial charge is 0.300 e. The monoisotopic (exact) mass is 322 g/mol. The second kappa shape index (κ2) is 5.36. The van der Waals surface area contributed by atoms with Crippen LogP contribution in [-0.4, -0.2) is 26.9 Å². The number of fused-ring (bicyclic) bond motifs is 1. The van der Waals surface area contributed by atoms with Crippen molar-refractivity contribution in [3.8, 4) is 0 Å². The maximum atomic E-state index is 11.2. The molecular formula is C12H10N4O7. The van der Waals surface area contributed by atoms with Crippen LogP contribution in [0.4, 0.5) is 17.1 Å². The Hall–Kier alpha value is -3.50. The lowest BCUT2D eigenvalue weighted by Crippen LogP contribution is -2.23. The normalized spacial score (nSPS) is 15.6. The van der Waals surface area contributed by atoms with Crippen LogP contribution in [0.25, 0.3) is 5.57 Å². The molecule has 0 spiro atoms. The molecule has 0 aliphatic carbocycles. The molecule has 1 aliphatic rings. The summed E-state index contributed by atoms with van der Waals surface area (Å²) in [7, 11) is 1.31. The van der Waals surface area contributed by atoms with E-state index in [2.05, 4.69) is 0 Å². The zero-order valence-corrected chi connectivity index (χ0v) is 11.9. The number of non-ortho nitro benzene ring substituents is 1. The molecular weight excluding hydrogens is 312 g/mol. The van der Waals surface area contributed by atoms with Crippen molar-refractivity contribution < 1.29 is 19.9 Å². The Morgan fingerprint density at radius 1 is 1.13 bits per heavy atom. The van der Waals surface area contributed by atoms with Crippen LogP contribution >= 0.6 is 0 Å². The first-order valence-corrected chi connectivity index (χ1v) is 6.12. The van der Waals surface area contributed by atoms with Gasteiger partial charge in [-0.3, -0.25) is 30.3 Å². The van der Waals surface area contributed by atoms with E-state index in [4.69, 9.17) is 0 Å². The van der Waals surface area contributed by atoms with Gasteiger partial charge in [-0.25, -0.2) is 0 Å². The molecule has 0 saturated carbocycles. The van der Waals surface area contributed by atoms with Crippen LogP contribution in [0.15, 0.2) is 29.8 Å². The second-order valence-corrected chi connectivity index (χ2v) is 4.69. The fourth-order valence-corrected chi connectivity index (χ4v) is 2.22. The molecule has 11 heteroatoms. The highest BCUT2D eigenvalue weighted by Gasteiger charge is 2.34. The van der Waals surface area contributed by atoms with Gasteiger partial charge in [0.15, 0.2) is 5.88 Å². The standard InChI is InChI=1S/C12H10N4O7/c1-6(14(18)19)8-5-11(17)13(2)12-9(8)3-7(15(20)21)4-10(12)16(22)23/h3-5,17H,1-2H3/b8-6+. The predicted molar refractivity (Wildman–Crippen MR) is 78.5 cm³/mol. The Labute approximate surface area is 128 Å². The van der Waals surface area contributed by atoms with Gasteiger partial charge in [-0.15, -0.1) is 0 Å². The highest BCUT2D eigenvalue weighted by molar-refractivity contribution is 5.92. The maximum absolute atomic E-state index is 11.2. The highest BCUT2D eigenvalue weighted by Crippen LogP contribution is 2.44. The molecule has 0 saturated heterocycles. The summed E-state index contributed by atoms with van der Waals surface area (Å²) in [5, 5.41) is 43.1. The van der Waals surface area contributed by atoms with Crippen molar-refractivity contribution in [2.75, 3.05) is 11.9 Å². The van der Waals surface area contributed by atoms with Gasteiger partial charge >= 0.3 is 0 Å². The van der Waals surface area contributed by atoms with Crippen LogP contribution in [0, 0.1) is 30.3 Å². The largest absolute Gasteiger partial charge is 0.494 e. The number of aliphatic hydroxyl groups excluding tert-OH is 1. The molecule has 11 nitrogen and oxygen atoms in total.